The molecule has 3 rings (SSSR count). The predicted molar refractivity (Wildman–Crippen MR) is 118 cm³/mol. The molecule has 0 fully saturated rings. The van der Waals surface area contributed by atoms with Gasteiger partial charge in [-0.3, -0.25) is 0 Å². The van der Waals surface area contributed by atoms with E-state index in [9.17, 15) is 0 Å². The summed E-state index contributed by atoms with van der Waals surface area (Å²) in [5, 5.41) is 6.30. The molecule has 0 aliphatic carbocycles. The van der Waals surface area contributed by atoms with Crippen LogP contribution in [0.5, 0.6) is 5.88 Å². The number of ether oxygens (including phenoxy) is 1. The number of benzene rings is 1. The first-order valence-corrected chi connectivity index (χ1v) is 11.1. The lowest BCUT2D eigenvalue weighted by molar-refractivity contribution is 0.293. The maximum Gasteiger partial charge on any atom is 0.213 e. The summed E-state index contributed by atoms with van der Waals surface area (Å²) in [6.07, 6.45) is 10.2. The molecule has 1 aromatic carbocycles. The van der Waals surface area contributed by atoms with Crippen LogP contribution in [0.15, 0.2) is 54.0 Å². The van der Waals surface area contributed by atoms with Gasteiger partial charge in [-0.2, -0.15) is 0 Å². The summed E-state index contributed by atoms with van der Waals surface area (Å²) in [5.41, 5.74) is 3.27. The van der Waals surface area contributed by atoms with Gasteiger partial charge in [-0.1, -0.05) is 69.4 Å². The average Bonchev–Trinajstić information content (AvgIpc) is 3.16. The third-order valence-electron chi connectivity index (χ3n) is 4.52. The minimum Gasteiger partial charge on any atom is -0.478 e. The molecule has 0 unspecified atom stereocenters. The summed E-state index contributed by atoms with van der Waals surface area (Å²) in [6, 6.07) is 14.3. The minimum atomic E-state index is 0.683. The van der Waals surface area contributed by atoms with Gasteiger partial charge in [0.15, 0.2) is 5.13 Å². The van der Waals surface area contributed by atoms with Gasteiger partial charge in [-0.15, -0.1) is 11.3 Å². The Morgan fingerprint density at radius 2 is 1.79 bits per heavy atom. The topological polar surface area (TPSA) is 47.0 Å². The molecule has 0 bridgehead atoms. The van der Waals surface area contributed by atoms with Gasteiger partial charge in [0.05, 0.1) is 24.2 Å². The van der Waals surface area contributed by atoms with Crippen LogP contribution in [0, 0.1) is 0 Å². The Bertz CT molecular complexity index is 802. The van der Waals surface area contributed by atoms with Crippen molar-refractivity contribution in [1.29, 1.82) is 0 Å². The monoisotopic (exact) mass is 395 g/mol. The van der Waals surface area contributed by atoms with Gasteiger partial charge in [0.1, 0.15) is 0 Å². The fourth-order valence-electron chi connectivity index (χ4n) is 2.97. The molecule has 0 aliphatic heterocycles. The molecular weight excluding hydrogens is 366 g/mol. The quantitative estimate of drug-likeness (QED) is 0.350. The molecule has 0 aliphatic rings. The van der Waals surface area contributed by atoms with E-state index in [1.807, 2.05) is 18.2 Å². The Labute approximate surface area is 172 Å². The van der Waals surface area contributed by atoms with Crippen molar-refractivity contribution >= 4 is 22.2 Å². The molecule has 2 aromatic heterocycles. The second kappa shape index (κ2) is 11.4. The summed E-state index contributed by atoms with van der Waals surface area (Å²) >= 11 is 1.61. The van der Waals surface area contributed by atoms with Crippen molar-refractivity contribution in [3.05, 3.63) is 65.3 Å². The summed E-state index contributed by atoms with van der Waals surface area (Å²) in [5.74, 6) is 0.683. The Morgan fingerprint density at radius 3 is 2.57 bits per heavy atom. The number of hydrogen-bond acceptors (Lipinski definition) is 5. The van der Waals surface area contributed by atoms with Crippen molar-refractivity contribution in [3.63, 3.8) is 0 Å². The van der Waals surface area contributed by atoms with Crippen molar-refractivity contribution < 1.29 is 4.74 Å². The Kier molecular flexibility index (Phi) is 8.31. The number of nitrogens with zero attached hydrogens (tertiary/aromatic N) is 2. The third-order valence-corrected chi connectivity index (χ3v) is 5.32. The smallest absolute Gasteiger partial charge is 0.213 e. The molecular formula is C23H29N3OS. The number of unbranched alkanes of at least 4 members (excludes halogenated alkanes) is 5. The molecule has 2 heterocycles. The molecule has 28 heavy (non-hydrogen) atoms. The van der Waals surface area contributed by atoms with Gasteiger partial charge >= 0.3 is 0 Å². The van der Waals surface area contributed by atoms with Crippen molar-refractivity contribution in [2.75, 3.05) is 11.9 Å². The lowest BCUT2D eigenvalue weighted by Crippen LogP contribution is -1.99. The Balaban J connectivity index is 1.41. The van der Waals surface area contributed by atoms with Crippen LogP contribution in [0.1, 0.15) is 56.7 Å². The van der Waals surface area contributed by atoms with E-state index in [2.05, 4.69) is 51.9 Å². The molecule has 1 N–H and O–H groups in total. The third kappa shape index (κ3) is 6.97. The van der Waals surface area contributed by atoms with Gasteiger partial charge in [0.2, 0.25) is 5.88 Å². The number of anilines is 2. The van der Waals surface area contributed by atoms with E-state index in [1.165, 1.54) is 37.7 Å². The Morgan fingerprint density at radius 1 is 0.964 bits per heavy atom. The highest BCUT2D eigenvalue weighted by atomic mass is 32.1. The van der Waals surface area contributed by atoms with E-state index < -0.39 is 0 Å². The van der Waals surface area contributed by atoms with Crippen molar-refractivity contribution in [2.24, 2.45) is 0 Å². The summed E-state index contributed by atoms with van der Waals surface area (Å²) in [6.45, 7) is 2.98. The molecule has 0 radical (unpaired) electrons. The number of hydrogen-bond donors (Lipinski definition) is 1. The fourth-order valence-corrected chi connectivity index (χ4v) is 3.70. The molecule has 0 atom stereocenters. The lowest BCUT2D eigenvalue weighted by atomic mass is 10.1. The first-order valence-electron chi connectivity index (χ1n) is 10.2. The zero-order chi connectivity index (χ0) is 19.4. The fraction of sp³-hybridized carbons (Fsp3) is 0.391. The number of thiazole rings is 1. The van der Waals surface area contributed by atoms with E-state index in [1.54, 1.807) is 17.5 Å². The molecule has 4 nitrogen and oxygen atoms in total. The van der Waals surface area contributed by atoms with E-state index in [0.29, 0.717) is 5.88 Å². The summed E-state index contributed by atoms with van der Waals surface area (Å²) in [7, 11) is 0. The molecule has 3 aromatic rings. The average molecular weight is 396 g/mol. The molecule has 148 valence electrons. The van der Waals surface area contributed by atoms with E-state index in [-0.39, 0.29) is 0 Å². The molecule has 0 spiro atoms. The van der Waals surface area contributed by atoms with Gasteiger partial charge in [-0.05, 0) is 18.1 Å². The second-order valence-corrected chi connectivity index (χ2v) is 7.79. The lowest BCUT2D eigenvalue weighted by Gasteiger charge is -2.07. The van der Waals surface area contributed by atoms with Crippen molar-refractivity contribution in [1.82, 2.24) is 9.97 Å². The highest BCUT2D eigenvalue weighted by Crippen LogP contribution is 2.23. The highest BCUT2D eigenvalue weighted by molar-refractivity contribution is 7.13. The van der Waals surface area contributed by atoms with E-state index >= 15 is 0 Å². The van der Waals surface area contributed by atoms with Gasteiger partial charge in [-0.25, -0.2) is 9.97 Å². The van der Waals surface area contributed by atoms with Crippen molar-refractivity contribution in [2.45, 2.75) is 51.9 Å². The SMILES string of the molecule is CCCCCCCCOc1ccc(Nc2nc(Cc3ccccc3)cs2)cn1. The van der Waals surface area contributed by atoms with Crippen LogP contribution < -0.4 is 10.1 Å². The first kappa shape index (κ1) is 20.3. The molecule has 5 heteroatoms. The van der Waals surface area contributed by atoms with Crippen LogP contribution in [0.4, 0.5) is 10.8 Å². The largest absolute Gasteiger partial charge is 0.478 e. The highest BCUT2D eigenvalue weighted by Gasteiger charge is 2.04. The minimum absolute atomic E-state index is 0.683. The summed E-state index contributed by atoms with van der Waals surface area (Å²) < 4.78 is 5.74. The van der Waals surface area contributed by atoms with Crippen LogP contribution in [-0.2, 0) is 6.42 Å². The van der Waals surface area contributed by atoms with Crippen LogP contribution in [0.25, 0.3) is 0 Å². The normalized spacial score (nSPS) is 10.8. The Hall–Kier alpha value is -2.40. The van der Waals surface area contributed by atoms with Crippen LogP contribution in [-0.4, -0.2) is 16.6 Å². The van der Waals surface area contributed by atoms with Gasteiger partial charge < -0.3 is 10.1 Å². The molecule has 0 saturated carbocycles. The van der Waals surface area contributed by atoms with Gasteiger partial charge in [0, 0.05) is 17.9 Å². The predicted octanol–water partition coefficient (Wildman–Crippen LogP) is 6.61. The molecule has 0 amide bonds. The number of rotatable bonds is 12. The van der Waals surface area contributed by atoms with Crippen molar-refractivity contribution in [3.8, 4) is 5.88 Å². The van der Waals surface area contributed by atoms with Crippen LogP contribution in [0.3, 0.4) is 0 Å². The number of pyridine rings is 1. The van der Waals surface area contributed by atoms with E-state index in [4.69, 9.17) is 4.74 Å². The zero-order valence-corrected chi connectivity index (χ0v) is 17.4. The number of aromatic nitrogens is 2. The van der Waals surface area contributed by atoms with E-state index in [0.717, 1.165) is 36.0 Å². The molecule has 0 saturated heterocycles. The zero-order valence-electron chi connectivity index (χ0n) is 16.6. The maximum atomic E-state index is 5.74. The van der Waals surface area contributed by atoms with Gasteiger partial charge in [0.25, 0.3) is 0 Å². The first-order chi connectivity index (χ1) is 13.8. The second-order valence-electron chi connectivity index (χ2n) is 6.93. The summed E-state index contributed by atoms with van der Waals surface area (Å²) in [4.78, 5) is 9.05. The van der Waals surface area contributed by atoms with Crippen LogP contribution >= 0.6 is 11.3 Å². The van der Waals surface area contributed by atoms with Crippen LogP contribution in [0.2, 0.25) is 0 Å². The number of nitrogens with one attached hydrogen (secondary N) is 1. The standard InChI is InChI=1S/C23H29N3OS/c1-2-3-4-5-6-10-15-27-22-14-13-20(17-24-22)25-23-26-21(18-28-23)16-19-11-8-7-9-12-19/h7-9,11-14,17-18H,2-6,10,15-16H2,1H3,(H,25,26). The maximum absolute atomic E-state index is 5.74.